The van der Waals surface area contributed by atoms with Crippen LogP contribution in [0.5, 0.6) is 0 Å². The summed E-state index contributed by atoms with van der Waals surface area (Å²) in [7, 11) is 0. The lowest BCUT2D eigenvalue weighted by Gasteiger charge is -2.12. The maximum Gasteiger partial charge on any atom is 0.303 e. The molecule has 0 radical (unpaired) electrons. The first-order valence-electron chi connectivity index (χ1n) is 6.89. The van der Waals surface area contributed by atoms with E-state index in [-0.39, 0.29) is 31.0 Å². The Morgan fingerprint density at radius 3 is 2.43 bits per heavy atom. The molecule has 21 heavy (non-hydrogen) atoms. The topological polar surface area (TPSA) is 84.9 Å². The molecular weight excluding hydrogens is 274 g/mol. The number of hydrogen-bond acceptors (Lipinski definition) is 4. The molecule has 1 amide bonds. The van der Waals surface area contributed by atoms with Gasteiger partial charge in [0.2, 0.25) is 5.91 Å². The standard InChI is InChI=1S/C15H19NO5/c1-10(9-14(18)19)8-13(17)16-12-4-2-11(3-5-12)15-20-6-7-21-15/h2-5,10,15H,6-9H2,1H3,(H,16,17)(H,18,19). The van der Waals surface area contributed by atoms with Gasteiger partial charge in [-0.1, -0.05) is 19.1 Å². The average Bonchev–Trinajstić information content (AvgIpc) is 2.92. The van der Waals surface area contributed by atoms with Crippen molar-refractivity contribution < 1.29 is 24.2 Å². The smallest absolute Gasteiger partial charge is 0.303 e. The van der Waals surface area contributed by atoms with E-state index in [1.54, 1.807) is 19.1 Å². The van der Waals surface area contributed by atoms with Crippen molar-refractivity contribution in [2.24, 2.45) is 5.92 Å². The number of hydrogen-bond donors (Lipinski definition) is 2. The van der Waals surface area contributed by atoms with Gasteiger partial charge in [0, 0.05) is 24.1 Å². The van der Waals surface area contributed by atoms with Crippen LogP contribution in [0.4, 0.5) is 5.69 Å². The highest BCUT2D eigenvalue weighted by Crippen LogP contribution is 2.24. The minimum Gasteiger partial charge on any atom is -0.481 e. The molecule has 0 saturated carbocycles. The molecule has 1 aliphatic rings. The van der Waals surface area contributed by atoms with Crippen molar-refractivity contribution >= 4 is 17.6 Å². The molecule has 1 heterocycles. The quantitative estimate of drug-likeness (QED) is 0.839. The fraction of sp³-hybridized carbons (Fsp3) is 0.467. The van der Waals surface area contributed by atoms with Crippen molar-refractivity contribution in [1.29, 1.82) is 0 Å². The largest absolute Gasteiger partial charge is 0.481 e. The van der Waals surface area contributed by atoms with Crippen LogP contribution in [0.1, 0.15) is 31.6 Å². The molecule has 2 N–H and O–H groups in total. The number of rotatable bonds is 6. The first-order valence-corrected chi connectivity index (χ1v) is 6.89. The Bertz CT molecular complexity index is 493. The summed E-state index contributed by atoms with van der Waals surface area (Å²) in [5, 5.41) is 11.4. The first-order chi connectivity index (χ1) is 10.0. The fourth-order valence-corrected chi connectivity index (χ4v) is 2.17. The minimum atomic E-state index is -0.892. The van der Waals surface area contributed by atoms with E-state index in [4.69, 9.17) is 14.6 Å². The van der Waals surface area contributed by atoms with Crippen LogP contribution in [0.25, 0.3) is 0 Å². The van der Waals surface area contributed by atoms with Gasteiger partial charge in [0.25, 0.3) is 0 Å². The van der Waals surface area contributed by atoms with Crippen LogP contribution >= 0.6 is 0 Å². The number of ether oxygens (including phenoxy) is 2. The van der Waals surface area contributed by atoms with Gasteiger partial charge in [-0.15, -0.1) is 0 Å². The first kappa shape index (κ1) is 15.5. The zero-order chi connectivity index (χ0) is 15.2. The number of carboxylic acids is 1. The number of anilines is 1. The number of carbonyl (C=O) groups excluding carboxylic acids is 1. The van der Waals surface area contributed by atoms with E-state index in [9.17, 15) is 9.59 Å². The molecule has 6 heteroatoms. The van der Waals surface area contributed by atoms with Crippen LogP contribution in [0.2, 0.25) is 0 Å². The molecule has 2 rings (SSSR count). The lowest BCUT2D eigenvalue weighted by molar-refractivity contribution is -0.138. The highest BCUT2D eigenvalue weighted by atomic mass is 16.7. The number of nitrogens with one attached hydrogen (secondary N) is 1. The second-order valence-corrected chi connectivity index (χ2v) is 5.15. The molecule has 1 atom stereocenters. The summed E-state index contributed by atoms with van der Waals surface area (Å²) in [5.41, 5.74) is 1.58. The number of carboxylic acid groups (broad SMARTS) is 1. The Balaban J connectivity index is 1.84. The van der Waals surface area contributed by atoms with Gasteiger partial charge in [-0.2, -0.15) is 0 Å². The van der Waals surface area contributed by atoms with Crippen molar-refractivity contribution in [2.45, 2.75) is 26.1 Å². The summed E-state index contributed by atoms with van der Waals surface area (Å²) in [4.78, 5) is 22.3. The van der Waals surface area contributed by atoms with Gasteiger partial charge in [-0.3, -0.25) is 9.59 Å². The maximum atomic E-state index is 11.8. The Morgan fingerprint density at radius 1 is 1.24 bits per heavy atom. The number of aliphatic carboxylic acids is 1. The van der Waals surface area contributed by atoms with E-state index in [1.807, 2.05) is 12.1 Å². The maximum absolute atomic E-state index is 11.8. The van der Waals surface area contributed by atoms with Crippen LogP contribution in [-0.2, 0) is 19.1 Å². The second-order valence-electron chi connectivity index (χ2n) is 5.15. The van der Waals surface area contributed by atoms with Gasteiger partial charge in [0.15, 0.2) is 6.29 Å². The highest BCUT2D eigenvalue weighted by molar-refractivity contribution is 5.91. The molecule has 1 unspecified atom stereocenters. The molecule has 0 aliphatic carbocycles. The minimum absolute atomic E-state index is 0.0112. The Hall–Kier alpha value is -1.92. The third-order valence-electron chi connectivity index (χ3n) is 3.15. The number of carbonyl (C=O) groups is 2. The van der Waals surface area contributed by atoms with E-state index in [2.05, 4.69) is 5.32 Å². The van der Waals surface area contributed by atoms with E-state index < -0.39 is 5.97 Å². The molecule has 6 nitrogen and oxygen atoms in total. The van der Waals surface area contributed by atoms with Gasteiger partial charge >= 0.3 is 5.97 Å². The monoisotopic (exact) mass is 293 g/mol. The third-order valence-corrected chi connectivity index (χ3v) is 3.15. The lowest BCUT2D eigenvalue weighted by Crippen LogP contribution is -2.17. The molecule has 0 bridgehead atoms. The molecule has 1 fully saturated rings. The van der Waals surface area contributed by atoms with Crippen LogP contribution in [0, 0.1) is 5.92 Å². The van der Waals surface area contributed by atoms with E-state index in [0.29, 0.717) is 18.9 Å². The summed E-state index contributed by atoms with van der Waals surface area (Å²) in [6, 6.07) is 7.23. The summed E-state index contributed by atoms with van der Waals surface area (Å²) in [6.07, 6.45) is -0.156. The van der Waals surface area contributed by atoms with Gasteiger partial charge in [-0.05, 0) is 18.1 Å². The summed E-state index contributed by atoms with van der Waals surface area (Å²) < 4.78 is 10.8. The molecule has 1 aromatic carbocycles. The second kappa shape index (κ2) is 7.19. The van der Waals surface area contributed by atoms with Crippen molar-refractivity contribution in [3.8, 4) is 0 Å². The third kappa shape index (κ3) is 4.84. The Kier molecular flexibility index (Phi) is 5.30. The van der Waals surface area contributed by atoms with Gasteiger partial charge in [-0.25, -0.2) is 0 Å². The Labute approximate surface area is 123 Å². The van der Waals surface area contributed by atoms with Crippen molar-refractivity contribution in [3.63, 3.8) is 0 Å². The van der Waals surface area contributed by atoms with Gasteiger partial charge in [0.05, 0.1) is 13.2 Å². The van der Waals surface area contributed by atoms with Crippen LogP contribution in [0.15, 0.2) is 24.3 Å². The van der Waals surface area contributed by atoms with Gasteiger partial charge < -0.3 is 19.9 Å². The lowest BCUT2D eigenvalue weighted by atomic mass is 10.0. The van der Waals surface area contributed by atoms with E-state index in [1.165, 1.54) is 0 Å². The number of benzene rings is 1. The highest BCUT2D eigenvalue weighted by Gasteiger charge is 2.18. The molecule has 0 aromatic heterocycles. The molecule has 1 aromatic rings. The van der Waals surface area contributed by atoms with Crippen molar-refractivity contribution in [3.05, 3.63) is 29.8 Å². The molecule has 114 valence electrons. The zero-order valence-corrected chi connectivity index (χ0v) is 11.9. The summed E-state index contributed by atoms with van der Waals surface area (Å²) >= 11 is 0. The molecular formula is C15H19NO5. The number of amides is 1. The summed E-state index contributed by atoms with van der Waals surface area (Å²) in [6.45, 7) is 2.92. The Morgan fingerprint density at radius 2 is 1.86 bits per heavy atom. The molecule has 1 saturated heterocycles. The zero-order valence-electron chi connectivity index (χ0n) is 11.9. The SMILES string of the molecule is CC(CC(=O)O)CC(=O)Nc1ccc(C2OCCO2)cc1. The normalized spacial score (nSPS) is 16.6. The van der Waals surface area contributed by atoms with E-state index >= 15 is 0 Å². The van der Waals surface area contributed by atoms with Crippen LogP contribution in [-0.4, -0.2) is 30.2 Å². The molecule has 0 spiro atoms. The predicted octanol–water partition coefficient (Wildman–Crippen LogP) is 2.17. The van der Waals surface area contributed by atoms with Crippen LogP contribution in [0.3, 0.4) is 0 Å². The van der Waals surface area contributed by atoms with Crippen molar-refractivity contribution in [1.82, 2.24) is 0 Å². The van der Waals surface area contributed by atoms with E-state index in [0.717, 1.165) is 5.56 Å². The fourth-order valence-electron chi connectivity index (χ4n) is 2.17. The average molecular weight is 293 g/mol. The van der Waals surface area contributed by atoms with Crippen molar-refractivity contribution in [2.75, 3.05) is 18.5 Å². The van der Waals surface area contributed by atoms with Gasteiger partial charge in [0.1, 0.15) is 0 Å². The summed E-state index contributed by atoms with van der Waals surface area (Å²) in [5.74, 6) is -1.27. The predicted molar refractivity (Wildman–Crippen MR) is 75.8 cm³/mol. The molecule has 1 aliphatic heterocycles. The van der Waals surface area contributed by atoms with Crippen LogP contribution < -0.4 is 5.32 Å².